The first-order valence-electron chi connectivity index (χ1n) is 6.02. The second-order valence-corrected chi connectivity index (χ2v) is 6.89. The second kappa shape index (κ2) is 5.55. The molecule has 1 aliphatic rings. The molecule has 1 aliphatic heterocycles. The number of halogens is 3. The van der Waals surface area contributed by atoms with Crippen LogP contribution in [0.5, 0.6) is 5.75 Å². The van der Waals surface area contributed by atoms with Crippen molar-refractivity contribution in [1.29, 1.82) is 0 Å². The zero-order valence-corrected chi connectivity index (χ0v) is 11.5. The van der Waals surface area contributed by atoms with Gasteiger partial charge >= 0.3 is 6.36 Å². The Kier molecular flexibility index (Phi) is 4.13. The molecule has 0 radical (unpaired) electrons. The van der Waals surface area contributed by atoms with E-state index in [0.717, 1.165) is 12.1 Å². The number of alkyl halides is 3. The number of nitrogens with one attached hydrogen (secondary N) is 1. The van der Waals surface area contributed by atoms with Crippen LogP contribution < -0.4 is 10.1 Å². The second-order valence-electron chi connectivity index (χ2n) is 4.66. The van der Waals surface area contributed by atoms with Crippen molar-refractivity contribution < 1.29 is 31.1 Å². The fraction of sp³-hybridized carbons (Fsp3) is 0.417. The molecule has 5 nitrogen and oxygen atoms in total. The first-order chi connectivity index (χ1) is 9.65. The number of carbonyl (C=O) groups is 1. The number of hydrogen-bond acceptors (Lipinski definition) is 4. The van der Waals surface area contributed by atoms with Gasteiger partial charge in [0, 0.05) is 11.8 Å². The van der Waals surface area contributed by atoms with Gasteiger partial charge in [-0.15, -0.1) is 13.2 Å². The van der Waals surface area contributed by atoms with Crippen molar-refractivity contribution in [3.8, 4) is 5.75 Å². The molecule has 116 valence electrons. The SMILES string of the molecule is O=C(Nc1cccc(OC(F)(F)F)c1)C1CCS(=O)(=O)C1. The van der Waals surface area contributed by atoms with Gasteiger partial charge in [-0.05, 0) is 18.6 Å². The van der Waals surface area contributed by atoms with Gasteiger partial charge in [-0.25, -0.2) is 8.42 Å². The molecular formula is C12H12F3NO4S. The summed E-state index contributed by atoms with van der Waals surface area (Å²) < 4.78 is 62.6. The number of amides is 1. The van der Waals surface area contributed by atoms with E-state index in [1.54, 1.807) is 0 Å². The average molecular weight is 323 g/mol. The van der Waals surface area contributed by atoms with Crippen LogP contribution in [-0.4, -0.2) is 32.2 Å². The van der Waals surface area contributed by atoms with Crippen LogP contribution in [0.15, 0.2) is 24.3 Å². The lowest BCUT2D eigenvalue weighted by atomic mass is 10.1. The van der Waals surface area contributed by atoms with E-state index in [9.17, 15) is 26.4 Å². The maximum atomic E-state index is 12.1. The first kappa shape index (κ1) is 15.6. The molecule has 1 unspecified atom stereocenters. The van der Waals surface area contributed by atoms with Crippen molar-refractivity contribution in [2.75, 3.05) is 16.8 Å². The molecule has 0 bridgehead atoms. The van der Waals surface area contributed by atoms with E-state index in [1.807, 2.05) is 0 Å². The Labute approximate surface area is 119 Å². The molecule has 1 atom stereocenters. The van der Waals surface area contributed by atoms with E-state index in [0.29, 0.717) is 0 Å². The Morgan fingerprint density at radius 3 is 2.62 bits per heavy atom. The highest BCUT2D eigenvalue weighted by Gasteiger charge is 2.33. The van der Waals surface area contributed by atoms with E-state index in [1.165, 1.54) is 12.1 Å². The molecule has 2 rings (SSSR count). The van der Waals surface area contributed by atoms with Crippen LogP contribution in [0, 0.1) is 5.92 Å². The number of benzene rings is 1. The molecule has 1 aromatic carbocycles. The molecule has 0 spiro atoms. The largest absolute Gasteiger partial charge is 0.573 e. The summed E-state index contributed by atoms with van der Waals surface area (Å²) in [7, 11) is -3.20. The first-order valence-corrected chi connectivity index (χ1v) is 7.84. The van der Waals surface area contributed by atoms with Gasteiger partial charge in [-0.3, -0.25) is 4.79 Å². The van der Waals surface area contributed by atoms with Gasteiger partial charge in [0.15, 0.2) is 9.84 Å². The molecule has 1 aromatic rings. The Morgan fingerprint density at radius 2 is 2.05 bits per heavy atom. The molecule has 1 amide bonds. The normalized spacial score (nSPS) is 21.0. The van der Waals surface area contributed by atoms with Gasteiger partial charge in [-0.1, -0.05) is 6.07 Å². The Morgan fingerprint density at radius 1 is 1.33 bits per heavy atom. The molecule has 0 aromatic heterocycles. The van der Waals surface area contributed by atoms with Crippen LogP contribution in [0.2, 0.25) is 0 Å². The Balaban J connectivity index is 2.03. The van der Waals surface area contributed by atoms with E-state index >= 15 is 0 Å². The number of ether oxygens (including phenoxy) is 1. The number of anilines is 1. The number of rotatable bonds is 3. The van der Waals surface area contributed by atoms with Crippen LogP contribution in [-0.2, 0) is 14.6 Å². The maximum Gasteiger partial charge on any atom is 0.573 e. The summed E-state index contributed by atoms with van der Waals surface area (Å²) in [5.41, 5.74) is 0.117. The quantitative estimate of drug-likeness (QED) is 0.923. The minimum absolute atomic E-state index is 0.0533. The predicted molar refractivity (Wildman–Crippen MR) is 68.5 cm³/mol. The third-order valence-corrected chi connectivity index (χ3v) is 4.71. The van der Waals surface area contributed by atoms with Crippen molar-refractivity contribution >= 4 is 21.4 Å². The summed E-state index contributed by atoms with van der Waals surface area (Å²) in [4.78, 5) is 11.9. The highest BCUT2D eigenvalue weighted by atomic mass is 32.2. The summed E-state index contributed by atoms with van der Waals surface area (Å²) in [6, 6.07) is 4.81. The lowest BCUT2D eigenvalue weighted by Gasteiger charge is -2.12. The minimum atomic E-state index is -4.82. The van der Waals surface area contributed by atoms with E-state index in [2.05, 4.69) is 10.1 Å². The monoisotopic (exact) mass is 323 g/mol. The summed E-state index contributed by atoms with van der Waals surface area (Å²) in [6.45, 7) is 0. The molecule has 1 N–H and O–H groups in total. The Bertz CT molecular complexity index is 642. The topological polar surface area (TPSA) is 72.5 Å². The fourth-order valence-electron chi connectivity index (χ4n) is 2.02. The van der Waals surface area contributed by atoms with Crippen molar-refractivity contribution in [2.45, 2.75) is 12.8 Å². The van der Waals surface area contributed by atoms with Crippen molar-refractivity contribution in [3.05, 3.63) is 24.3 Å². The van der Waals surface area contributed by atoms with Crippen LogP contribution in [0.3, 0.4) is 0 Å². The minimum Gasteiger partial charge on any atom is -0.406 e. The van der Waals surface area contributed by atoms with E-state index in [-0.39, 0.29) is 23.6 Å². The van der Waals surface area contributed by atoms with Crippen LogP contribution in [0.1, 0.15) is 6.42 Å². The maximum absolute atomic E-state index is 12.1. The summed E-state index contributed by atoms with van der Waals surface area (Å²) in [5, 5.41) is 2.40. The molecule has 9 heteroatoms. The molecule has 0 aliphatic carbocycles. The number of carbonyl (C=O) groups excluding carboxylic acids is 1. The summed E-state index contributed by atoms with van der Waals surface area (Å²) >= 11 is 0. The van der Waals surface area contributed by atoms with Gasteiger partial charge in [0.1, 0.15) is 5.75 Å². The van der Waals surface area contributed by atoms with Gasteiger partial charge in [-0.2, -0.15) is 0 Å². The van der Waals surface area contributed by atoms with Gasteiger partial charge in [0.25, 0.3) is 0 Å². The van der Waals surface area contributed by atoms with E-state index in [4.69, 9.17) is 0 Å². The zero-order valence-electron chi connectivity index (χ0n) is 10.7. The summed E-state index contributed by atoms with van der Waals surface area (Å²) in [5.74, 6) is -1.96. The molecule has 1 heterocycles. The predicted octanol–water partition coefficient (Wildman–Crippen LogP) is 1.96. The highest BCUT2D eigenvalue weighted by molar-refractivity contribution is 7.91. The molecule has 21 heavy (non-hydrogen) atoms. The average Bonchev–Trinajstić information content (AvgIpc) is 2.68. The molecule has 1 saturated heterocycles. The number of sulfone groups is 1. The molecule has 0 saturated carbocycles. The highest BCUT2D eigenvalue weighted by Crippen LogP contribution is 2.26. The third kappa shape index (κ3) is 4.62. The van der Waals surface area contributed by atoms with E-state index < -0.39 is 33.8 Å². The molecule has 1 fully saturated rings. The van der Waals surface area contributed by atoms with Crippen LogP contribution in [0.25, 0.3) is 0 Å². The van der Waals surface area contributed by atoms with Crippen LogP contribution >= 0.6 is 0 Å². The third-order valence-electron chi connectivity index (χ3n) is 2.94. The lowest BCUT2D eigenvalue weighted by molar-refractivity contribution is -0.274. The Hall–Kier alpha value is -1.77. The number of hydrogen-bond donors (Lipinski definition) is 1. The molecular weight excluding hydrogens is 311 g/mol. The van der Waals surface area contributed by atoms with Crippen molar-refractivity contribution in [2.24, 2.45) is 5.92 Å². The fourth-order valence-corrected chi connectivity index (χ4v) is 3.76. The van der Waals surface area contributed by atoms with Gasteiger partial charge in [0.05, 0.1) is 17.4 Å². The summed E-state index contributed by atoms with van der Waals surface area (Å²) in [6.07, 6.45) is -4.60. The van der Waals surface area contributed by atoms with Crippen LogP contribution in [0.4, 0.5) is 18.9 Å². The van der Waals surface area contributed by atoms with Gasteiger partial charge in [0.2, 0.25) is 5.91 Å². The van der Waals surface area contributed by atoms with Crippen molar-refractivity contribution in [1.82, 2.24) is 0 Å². The zero-order chi connectivity index (χ0) is 15.7. The standard InChI is InChI=1S/C12H12F3NO4S/c13-12(14,15)20-10-3-1-2-9(6-10)16-11(17)8-4-5-21(18,19)7-8/h1-3,6,8H,4-5,7H2,(H,16,17). The van der Waals surface area contributed by atoms with Gasteiger partial charge < -0.3 is 10.1 Å². The smallest absolute Gasteiger partial charge is 0.406 e. The van der Waals surface area contributed by atoms with Crippen molar-refractivity contribution in [3.63, 3.8) is 0 Å². The lowest BCUT2D eigenvalue weighted by Crippen LogP contribution is -2.23.